The number of benzene rings is 1. The summed E-state index contributed by atoms with van der Waals surface area (Å²) in [6, 6.07) is 14.5. The average molecular weight is 347 g/mol. The summed E-state index contributed by atoms with van der Waals surface area (Å²) in [6.07, 6.45) is 8.85. The Morgan fingerprint density at radius 2 is 1.65 bits per heavy atom. The Hall–Kier alpha value is -2.95. The van der Waals surface area contributed by atoms with Crippen molar-refractivity contribution >= 4 is 5.97 Å². The molecule has 0 aliphatic heterocycles. The molecular formula is C21H21N3O2. The molecule has 0 amide bonds. The van der Waals surface area contributed by atoms with Crippen LogP contribution in [0.4, 0.5) is 0 Å². The lowest BCUT2D eigenvalue weighted by molar-refractivity contribution is -0.143. The molecule has 1 N–H and O–H groups in total. The van der Waals surface area contributed by atoms with Gasteiger partial charge in [-0.3, -0.25) is 9.78 Å². The van der Waals surface area contributed by atoms with Crippen molar-refractivity contribution in [3.05, 3.63) is 61.1 Å². The van der Waals surface area contributed by atoms with Crippen LogP contribution in [0.2, 0.25) is 0 Å². The molecule has 2 heterocycles. The molecule has 5 heteroatoms. The minimum atomic E-state index is -0.667. The number of hydrogen-bond acceptors (Lipinski definition) is 3. The second kappa shape index (κ2) is 7.12. The number of hydrogen-bond donors (Lipinski definition) is 1. The Labute approximate surface area is 152 Å². The predicted octanol–water partition coefficient (Wildman–Crippen LogP) is 4.43. The molecule has 1 aromatic carbocycles. The van der Waals surface area contributed by atoms with Crippen LogP contribution in [0.5, 0.6) is 0 Å². The van der Waals surface area contributed by atoms with Crippen molar-refractivity contribution in [2.75, 3.05) is 0 Å². The summed E-state index contributed by atoms with van der Waals surface area (Å²) in [5.41, 5.74) is 3.10. The van der Waals surface area contributed by atoms with Gasteiger partial charge in [-0.05, 0) is 37.8 Å². The highest BCUT2D eigenvalue weighted by molar-refractivity contribution is 5.70. The van der Waals surface area contributed by atoms with Crippen molar-refractivity contribution in [1.82, 2.24) is 14.5 Å². The van der Waals surface area contributed by atoms with Gasteiger partial charge in [0.05, 0.1) is 11.6 Å². The summed E-state index contributed by atoms with van der Waals surface area (Å²) in [7, 11) is 0. The van der Waals surface area contributed by atoms with Crippen LogP contribution in [0.3, 0.4) is 0 Å². The van der Waals surface area contributed by atoms with Gasteiger partial charge in [0, 0.05) is 35.8 Å². The zero-order valence-corrected chi connectivity index (χ0v) is 14.5. The molecule has 1 saturated carbocycles. The fourth-order valence-electron chi connectivity index (χ4n) is 3.76. The molecule has 132 valence electrons. The summed E-state index contributed by atoms with van der Waals surface area (Å²) in [5.74, 6) is 0.0756. The Kier molecular flexibility index (Phi) is 4.52. The van der Waals surface area contributed by atoms with E-state index in [1.54, 1.807) is 6.20 Å². The molecule has 3 aromatic rings. The number of rotatable bonds is 4. The van der Waals surface area contributed by atoms with Crippen molar-refractivity contribution < 1.29 is 9.90 Å². The van der Waals surface area contributed by atoms with E-state index >= 15 is 0 Å². The van der Waals surface area contributed by atoms with Crippen molar-refractivity contribution in [3.8, 4) is 22.6 Å². The monoisotopic (exact) mass is 347 g/mol. The van der Waals surface area contributed by atoms with Crippen LogP contribution in [-0.4, -0.2) is 25.6 Å². The normalized spacial score (nSPS) is 20.0. The summed E-state index contributed by atoms with van der Waals surface area (Å²) >= 11 is 0. The molecule has 0 atom stereocenters. The SMILES string of the molecule is O=C(O)C1CCC(n2ccnc2-c2ccc(-c3ccccn3)cc2)CC1. The van der Waals surface area contributed by atoms with Gasteiger partial charge in [-0.15, -0.1) is 0 Å². The number of carbonyl (C=O) groups is 1. The van der Waals surface area contributed by atoms with Gasteiger partial charge in [0.2, 0.25) is 0 Å². The summed E-state index contributed by atoms with van der Waals surface area (Å²) < 4.78 is 2.20. The molecule has 0 radical (unpaired) electrons. The molecule has 0 saturated heterocycles. The van der Waals surface area contributed by atoms with Crippen LogP contribution >= 0.6 is 0 Å². The van der Waals surface area contributed by atoms with E-state index in [1.807, 2.05) is 30.6 Å². The first-order valence-corrected chi connectivity index (χ1v) is 9.00. The summed E-state index contributed by atoms with van der Waals surface area (Å²) in [6.45, 7) is 0. The molecule has 1 aliphatic rings. The van der Waals surface area contributed by atoms with Crippen molar-refractivity contribution in [2.45, 2.75) is 31.7 Å². The number of imidazole rings is 1. The van der Waals surface area contributed by atoms with Gasteiger partial charge in [0.1, 0.15) is 5.82 Å². The van der Waals surface area contributed by atoms with E-state index in [9.17, 15) is 9.90 Å². The minimum Gasteiger partial charge on any atom is -0.481 e. The van der Waals surface area contributed by atoms with E-state index in [1.165, 1.54) is 0 Å². The van der Waals surface area contributed by atoms with Crippen LogP contribution in [0, 0.1) is 5.92 Å². The van der Waals surface area contributed by atoms with Crippen LogP contribution < -0.4 is 0 Å². The second-order valence-electron chi connectivity index (χ2n) is 6.79. The molecule has 1 aliphatic carbocycles. The molecular weight excluding hydrogens is 326 g/mol. The number of carboxylic acid groups (broad SMARTS) is 1. The van der Waals surface area contributed by atoms with E-state index in [0.717, 1.165) is 48.3 Å². The van der Waals surface area contributed by atoms with E-state index in [2.05, 4.69) is 38.8 Å². The summed E-state index contributed by atoms with van der Waals surface area (Å²) in [4.78, 5) is 20.1. The third kappa shape index (κ3) is 3.25. The highest BCUT2D eigenvalue weighted by atomic mass is 16.4. The Morgan fingerprint density at radius 3 is 2.31 bits per heavy atom. The molecule has 2 aromatic heterocycles. The average Bonchev–Trinajstić information content (AvgIpc) is 3.19. The maximum Gasteiger partial charge on any atom is 0.306 e. The topological polar surface area (TPSA) is 68.0 Å². The third-order valence-corrected chi connectivity index (χ3v) is 5.21. The molecule has 26 heavy (non-hydrogen) atoms. The first-order valence-electron chi connectivity index (χ1n) is 9.00. The van der Waals surface area contributed by atoms with Gasteiger partial charge in [-0.25, -0.2) is 4.98 Å². The first-order chi connectivity index (χ1) is 12.7. The Balaban J connectivity index is 1.55. The largest absolute Gasteiger partial charge is 0.481 e. The number of nitrogens with zero attached hydrogens (tertiary/aromatic N) is 3. The smallest absolute Gasteiger partial charge is 0.306 e. The second-order valence-corrected chi connectivity index (χ2v) is 6.79. The number of aliphatic carboxylic acids is 1. The molecule has 0 bridgehead atoms. The standard InChI is InChI=1S/C21H21N3O2/c25-21(26)17-8-10-18(11-9-17)24-14-13-23-20(24)16-6-4-15(5-7-16)19-3-1-2-12-22-19/h1-7,12-14,17-18H,8-11H2,(H,25,26). The quantitative estimate of drug-likeness (QED) is 0.758. The molecule has 5 nitrogen and oxygen atoms in total. The maximum absolute atomic E-state index is 11.2. The van der Waals surface area contributed by atoms with E-state index in [-0.39, 0.29) is 5.92 Å². The van der Waals surface area contributed by atoms with Gasteiger partial charge < -0.3 is 9.67 Å². The number of pyridine rings is 1. The van der Waals surface area contributed by atoms with Crippen molar-refractivity contribution in [2.24, 2.45) is 5.92 Å². The fourth-order valence-corrected chi connectivity index (χ4v) is 3.76. The van der Waals surface area contributed by atoms with Crippen LogP contribution in [0.15, 0.2) is 61.1 Å². The van der Waals surface area contributed by atoms with Crippen LogP contribution in [0.1, 0.15) is 31.7 Å². The number of carboxylic acids is 1. The number of aromatic nitrogens is 3. The molecule has 4 rings (SSSR count). The minimum absolute atomic E-state index is 0.198. The van der Waals surface area contributed by atoms with Gasteiger partial charge in [-0.2, -0.15) is 0 Å². The zero-order chi connectivity index (χ0) is 17.9. The lowest BCUT2D eigenvalue weighted by Gasteiger charge is -2.28. The zero-order valence-electron chi connectivity index (χ0n) is 14.5. The van der Waals surface area contributed by atoms with E-state index < -0.39 is 5.97 Å². The first kappa shape index (κ1) is 16.5. The Morgan fingerprint density at radius 1 is 0.923 bits per heavy atom. The maximum atomic E-state index is 11.2. The van der Waals surface area contributed by atoms with E-state index in [4.69, 9.17) is 0 Å². The lowest BCUT2D eigenvalue weighted by atomic mass is 9.86. The van der Waals surface area contributed by atoms with Crippen LogP contribution in [0.25, 0.3) is 22.6 Å². The molecule has 1 fully saturated rings. The fraction of sp³-hybridized carbons (Fsp3) is 0.286. The highest BCUT2D eigenvalue weighted by Crippen LogP contribution is 2.35. The van der Waals surface area contributed by atoms with Gasteiger partial charge in [0.15, 0.2) is 0 Å². The molecule has 0 spiro atoms. The Bertz CT molecular complexity index is 879. The van der Waals surface area contributed by atoms with Crippen molar-refractivity contribution in [3.63, 3.8) is 0 Å². The van der Waals surface area contributed by atoms with Crippen LogP contribution in [-0.2, 0) is 4.79 Å². The highest BCUT2D eigenvalue weighted by Gasteiger charge is 2.27. The third-order valence-electron chi connectivity index (χ3n) is 5.21. The predicted molar refractivity (Wildman–Crippen MR) is 99.5 cm³/mol. The van der Waals surface area contributed by atoms with Gasteiger partial charge in [-0.1, -0.05) is 30.3 Å². The van der Waals surface area contributed by atoms with Gasteiger partial charge in [0.25, 0.3) is 0 Å². The van der Waals surface area contributed by atoms with Gasteiger partial charge >= 0.3 is 5.97 Å². The molecule has 0 unspecified atom stereocenters. The summed E-state index contributed by atoms with van der Waals surface area (Å²) in [5, 5.41) is 9.18. The van der Waals surface area contributed by atoms with E-state index in [0.29, 0.717) is 6.04 Å². The van der Waals surface area contributed by atoms with Crippen molar-refractivity contribution in [1.29, 1.82) is 0 Å². The lowest BCUT2D eigenvalue weighted by Crippen LogP contribution is -2.23.